The van der Waals surface area contributed by atoms with E-state index in [0.29, 0.717) is 12.3 Å². The average molecular weight is 183 g/mol. The van der Waals surface area contributed by atoms with Crippen molar-refractivity contribution in [3.8, 4) is 0 Å². The van der Waals surface area contributed by atoms with Gasteiger partial charge < -0.3 is 0 Å². The Bertz CT molecular complexity index is 45.4. The second kappa shape index (κ2) is 3.24. The molecule has 0 amide bonds. The summed E-state index contributed by atoms with van der Waals surface area (Å²) in [5.74, 6) is 0.413. The van der Waals surface area contributed by atoms with Crippen LogP contribution in [0.1, 0.15) is 6.42 Å². The van der Waals surface area contributed by atoms with Crippen molar-refractivity contribution in [3.63, 3.8) is 0 Å². The van der Waals surface area contributed by atoms with Gasteiger partial charge in [0.25, 0.3) is 0 Å². The molecule has 0 saturated carbocycles. The SMILES string of the molecule is ClCCC(Cl)(Cl)[ClH+]. The molecule has 0 nitrogen and oxygen atoms in total. The number of hydrogen-bond acceptors (Lipinski definition) is 0. The maximum absolute atomic E-state index is 5.33. The van der Waals surface area contributed by atoms with Crippen molar-refractivity contribution >= 4 is 34.8 Å². The van der Waals surface area contributed by atoms with Crippen molar-refractivity contribution in [2.24, 2.45) is 0 Å². The highest BCUT2D eigenvalue weighted by Gasteiger charge is 2.28. The van der Waals surface area contributed by atoms with E-state index in [1.807, 2.05) is 0 Å². The summed E-state index contributed by atoms with van der Waals surface area (Å²) in [4.78, 5) is 0. The topological polar surface area (TPSA) is 0 Å². The van der Waals surface area contributed by atoms with E-state index < -0.39 is 3.79 Å². The minimum atomic E-state index is -1.05. The molecule has 0 rings (SSSR count). The molecule has 0 bridgehead atoms. The summed E-state index contributed by atoms with van der Waals surface area (Å²) in [7, 11) is 0. The largest absolute Gasteiger partial charge is 0.337 e. The van der Waals surface area contributed by atoms with Crippen molar-refractivity contribution in [2.75, 3.05) is 5.88 Å². The molecule has 0 heterocycles. The molecule has 0 unspecified atom stereocenters. The molecule has 0 atom stereocenters. The van der Waals surface area contributed by atoms with Crippen LogP contribution in [0.5, 0.6) is 0 Å². The van der Waals surface area contributed by atoms with Crippen LogP contribution < -0.4 is 0 Å². The van der Waals surface area contributed by atoms with Crippen LogP contribution in [0.15, 0.2) is 0 Å². The molecule has 4 heteroatoms. The summed E-state index contributed by atoms with van der Waals surface area (Å²) in [6.45, 7) is 0. The van der Waals surface area contributed by atoms with Gasteiger partial charge in [0.2, 0.25) is 0 Å². The summed E-state index contributed by atoms with van der Waals surface area (Å²) in [5, 5.41) is 0. The van der Waals surface area contributed by atoms with E-state index in [2.05, 4.69) is 11.6 Å². The van der Waals surface area contributed by atoms with Gasteiger partial charge in [0.05, 0.1) is 6.42 Å². The zero-order chi connectivity index (χ0) is 5.91. The van der Waals surface area contributed by atoms with Crippen LogP contribution in [0.4, 0.5) is 0 Å². The first-order chi connectivity index (χ1) is 3.06. The molecule has 0 radical (unpaired) electrons. The summed E-state index contributed by atoms with van der Waals surface area (Å²) < 4.78 is -1.05. The molecule has 0 aromatic rings. The lowest BCUT2D eigenvalue weighted by atomic mass is 10.6. The number of halogens is 4. The van der Waals surface area contributed by atoms with E-state index >= 15 is 0 Å². The Morgan fingerprint density at radius 1 is 1.43 bits per heavy atom. The van der Waals surface area contributed by atoms with Gasteiger partial charge in [-0.2, -0.15) is 0 Å². The molecule has 0 aromatic carbocycles. The fourth-order valence-corrected chi connectivity index (χ4v) is 0.990. The van der Waals surface area contributed by atoms with Crippen LogP contribution in [0.3, 0.4) is 0 Å². The van der Waals surface area contributed by atoms with Crippen LogP contribution >= 0.6 is 34.8 Å². The van der Waals surface area contributed by atoms with Crippen LogP contribution in [0, 0.1) is 11.6 Å². The quantitative estimate of drug-likeness (QED) is 0.545. The van der Waals surface area contributed by atoms with E-state index in [-0.39, 0.29) is 0 Å². The van der Waals surface area contributed by atoms with Crippen LogP contribution in [0.25, 0.3) is 0 Å². The van der Waals surface area contributed by atoms with Crippen molar-refractivity contribution in [1.82, 2.24) is 0 Å². The lowest BCUT2D eigenvalue weighted by Crippen LogP contribution is -2.06. The van der Waals surface area contributed by atoms with Gasteiger partial charge in [-0.25, -0.2) is 0 Å². The Balaban J connectivity index is 3.15. The van der Waals surface area contributed by atoms with Crippen LogP contribution in [-0.4, -0.2) is 9.67 Å². The van der Waals surface area contributed by atoms with Gasteiger partial charge in [-0.05, 0) is 23.2 Å². The Hall–Kier alpha value is 1.16. The summed E-state index contributed by atoms with van der Waals surface area (Å²) in [6, 6.07) is 0. The molecule has 0 aliphatic heterocycles. The van der Waals surface area contributed by atoms with Crippen molar-refractivity contribution in [2.45, 2.75) is 10.2 Å². The Morgan fingerprint density at radius 2 is 1.86 bits per heavy atom. The first-order valence-corrected chi connectivity index (χ1v) is 3.40. The highest BCUT2D eigenvalue weighted by atomic mass is 35.6. The van der Waals surface area contributed by atoms with Crippen molar-refractivity contribution in [1.29, 1.82) is 0 Å². The highest BCUT2D eigenvalue weighted by molar-refractivity contribution is 6.46. The highest BCUT2D eigenvalue weighted by Crippen LogP contribution is 2.22. The fourth-order valence-electron chi connectivity index (χ4n) is 0.110. The van der Waals surface area contributed by atoms with Crippen molar-refractivity contribution in [3.05, 3.63) is 0 Å². The lowest BCUT2D eigenvalue weighted by Gasteiger charge is -1.95. The minimum absolute atomic E-state index is 0.413. The normalized spacial score (nSPS) is 12.0. The maximum Gasteiger partial charge on any atom is 0.337 e. The molecule has 44 valence electrons. The predicted molar refractivity (Wildman–Crippen MR) is 31.2 cm³/mol. The lowest BCUT2D eigenvalue weighted by molar-refractivity contribution is -0.410. The Morgan fingerprint density at radius 3 is 1.86 bits per heavy atom. The number of hydrogen-bond donors (Lipinski definition) is 0. The first kappa shape index (κ1) is 8.16. The van der Waals surface area contributed by atoms with Gasteiger partial charge in [-0.3, -0.25) is 0 Å². The van der Waals surface area contributed by atoms with Crippen molar-refractivity contribution < 1.29 is 11.6 Å². The van der Waals surface area contributed by atoms with Gasteiger partial charge in [0.15, 0.2) is 0 Å². The number of rotatable bonds is 1. The second-order valence-corrected chi connectivity index (χ2v) is 4.08. The zero-order valence-corrected chi connectivity index (χ0v) is 6.54. The fraction of sp³-hybridized carbons (Fsp3) is 1.00. The molecule has 0 aromatic heterocycles. The standard InChI is InChI=1S/C3H5Cl4/c4-2-1-3(5,6)7/h5H,1-2H2/q+1. The van der Waals surface area contributed by atoms with E-state index in [4.69, 9.17) is 34.8 Å². The Kier molecular flexibility index (Phi) is 3.77. The molecule has 0 aliphatic carbocycles. The summed E-state index contributed by atoms with van der Waals surface area (Å²) >= 11 is 20.4. The zero-order valence-electron chi connectivity index (χ0n) is 3.46. The molecular formula is C3H5Cl4+. The van der Waals surface area contributed by atoms with Gasteiger partial charge in [-0.15, -0.1) is 11.6 Å². The molecule has 0 saturated heterocycles. The molecule has 0 fully saturated rings. The Labute approximate surface area is 62.7 Å². The third-order valence-electron chi connectivity index (χ3n) is 0.386. The van der Waals surface area contributed by atoms with Gasteiger partial charge in [0.1, 0.15) is 11.6 Å². The molecule has 0 N–H and O–H groups in total. The number of alkyl halides is 4. The summed E-state index contributed by atoms with van der Waals surface area (Å²) in [6.07, 6.45) is 0.451. The van der Waals surface area contributed by atoms with E-state index in [1.54, 1.807) is 0 Å². The van der Waals surface area contributed by atoms with Gasteiger partial charge >= 0.3 is 3.79 Å². The molecule has 7 heavy (non-hydrogen) atoms. The molecular weight excluding hydrogens is 178 g/mol. The third kappa shape index (κ3) is 7.16. The average Bonchev–Trinajstić information content (AvgIpc) is 1.30. The third-order valence-corrected chi connectivity index (χ3v) is 1.16. The smallest absolute Gasteiger partial charge is 0.126 e. The van der Waals surface area contributed by atoms with E-state index in [0.717, 1.165) is 0 Å². The van der Waals surface area contributed by atoms with Crippen LogP contribution in [0.2, 0.25) is 0 Å². The second-order valence-electron chi connectivity index (χ2n) is 1.08. The monoisotopic (exact) mass is 181 g/mol. The minimum Gasteiger partial charge on any atom is -0.126 e. The van der Waals surface area contributed by atoms with E-state index in [9.17, 15) is 0 Å². The van der Waals surface area contributed by atoms with Gasteiger partial charge in [0, 0.05) is 5.88 Å². The first-order valence-electron chi connectivity index (χ1n) is 1.70. The van der Waals surface area contributed by atoms with E-state index in [1.165, 1.54) is 0 Å². The van der Waals surface area contributed by atoms with Gasteiger partial charge in [-0.1, -0.05) is 0 Å². The van der Waals surface area contributed by atoms with Crippen LogP contribution in [-0.2, 0) is 0 Å². The summed E-state index contributed by atoms with van der Waals surface area (Å²) in [5.41, 5.74) is 0. The molecule has 0 aliphatic rings. The molecule has 0 spiro atoms. The predicted octanol–water partition coefficient (Wildman–Crippen LogP) is 2.03. The maximum atomic E-state index is 5.33.